The summed E-state index contributed by atoms with van der Waals surface area (Å²) in [7, 11) is -2.05. The molecule has 9 heteroatoms. The Labute approximate surface area is 203 Å². The summed E-state index contributed by atoms with van der Waals surface area (Å²) >= 11 is 5.96. The van der Waals surface area contributed by atoms with E-state index in [1.54, 1.807) is 47.1 Å². The molecule has 0 radical (unpaired) electrons. The zero-order valence-electron chi connectivity index (χ0n) is 18.6. The van der Waals surface area contributed by atoms with E-state index in [-0.39, 0.29) is 16.8 Å². The lowest BCUT2D eigenvalue weighted by molar-refractivity contribution is 0.0742. The van der Waals surface area contributed by atoms with E-state index in [2.05, 4.69) is 5.10 Å². The number of aromatic nitrogens is 2. The SMILES string of the molecule is CC(c1ccc(S(N)(=O)=O)cc1)N(C)C(=O)c1ccc(-n2cc(-c3ccc(Cl)cc3)cn2)cc1. The summed E-state index contributed by atoms with van der Waals surface area (Å²) in [5, 5.41) is 10.3. The fourth-order valence-electron chi connectivity index (χ4n) is 3.55. The van der Waals surface area contributed by atoms with E-state index in [1.807, 2.05) is 49.5 Å². The standard InChI is InChI=1S/C25H23ClN4O3S/c1-17(18-7-13-24(14-8-18)34(27,32)33)29(2)25(31)20-5-11-23(12-6-20)30-16-21(15-28-30)19-3-9-22(26)10-4-19/h3-17H,1-2H3,(H2,27,32,33). The lowest BCUT2D eigenvalue weighted by atomic mass is 10.1. The van der Waals surface area contributed by atoms with Crippen molar-refractivity contribution in [3.05, 3.63) is 101 Å². The molecule has 34 heavy (non-hydrogen) atoms. The Balaban J connectivity index is 1.48. The highest BCUT2D eigenvalue weighted by Gasteiger charge is 2.20. The summed E-state index contributed by atoms with van der Waals surface area (Å²) in [6.07, 6.45) is 3.69. The number of primary sulfonamides is 1. The number of sulfonamides is 1. The van der Waals surface area contributed by atoms with Crippen LogP contribution in [0.3, 0.4) is 0 Å². The summed E-state index contributed by atoms with van der Waals surface area (Å²) in [5.74, 6) is -0.156. The van der Waals surface area contributed by atoms with E-state index in [4.69, 9.17) is 16.7 Å². The number of nitrogens with two attached hydrogens (primary N) is 1. The van der Waals surface area contributed by atoms with Crippen LogP contribution < -0.4 is 5.14 Å². The van der Waals surface area contributed by atoms with E-state index in [1.165, 1.54) is 12.1 Å². The quantitative estimate of drug-likeness (QED) is 0.421. The Morgan fingerprint density at radius 3 is 2.18 bits per heavy atom. The van der Waals surface area contributed by atoms with Crippen LogP contribution in [-0.4, -0.2) is 36.1 Å². The van der Waals surface area contributed by atoms with Crippen LogP contribution in [0.2, 0.25) is 5.02 Å². The molecule has 1 amide bonds. The van der Waals surface area contributed by atoms with Crippen molar-refractivity contribution in [2.24, 2.45) is 5.14 Å². The highest BCUT2D eigenvalue weighted by molar-refractivity contribution is 7.89. The number of halogens is 1. The Morgan fingerprint density at radius 2 is 1.59 bits per heavy atom. The number of carbonyl (C=O) groups is 1. The maximum atomic E-state index is 13.0. The Kier molecular flexibility index (Phi) is 6.56. The van der Waals surface area contributed by atoms with Crippen LogP contribution in [0.4, 0.5) is 0 Å². The smallest absolute Gasteiger partial charge is 0.254 e. The van der Waals surface area contributed by atoms with E-state index >= 15 is 0 Å². The molecule has 1 unspecified atom stereocenters. The van der Waals surface area contributed by atoms with E-state index in [9.17, 15) is 13.2 Å². The van der Waals surface area contributed by atoms with E-state index in [0.717, 1.165) is 22.4 Å². The molecule has 174 valence electrons. The zero-order valence-corrected chi connectivity index (χ0v) is 20.2. The lowest BCUT2D eigenvalue weighted by Gasteiger charge is -2.25. The number of rotatable bonds is 6. The van der Waals surface area contributed by atoms with Gasteiger partial charge in [0.25, 0.3) is 5.91 Å². The molecule has 4 aromatic rings. The van der Waals surface area contributed by atoms with Gasteiger partial charge in [-0.25, -0.2) is 18.2 Å². The summed E-state index contributed by atoms with van der Waals surface area (Å²) in [6, 6.07) is 20.7. The van der Waals surface area contributed by atoms with Crippen molar-refractivity contribution in [1.82, 2.24) is 14.7 Å². The maximum Gasteiger partial charge on any atom is 0.254 e. The molecule has 0 bridgehead atoms. The van der Waals surface area contributed by atoms with Crippen molar-refractivity contribution in [1.29, 1.82) is 0 Å². The number of carbonyl (C=O) groups excluding carboxylic acids is 1. The van der Waals surface area contributed by atoms with Crippen molar-refractivity contribution >= 4 is 27.5 Å². The van der Waals surface area contributed by atoms with Crippen LogP contribution in [0.1, 0.15) is 28.9 Å². The number of nitrogens with zero attached hydrogens (tertiary/aromatic N) is 3. The predicted molar refractivity (Wildman–Crippen MR) is 132 cm³/mol. The molecule has 3 aromatic carbocycles. The van der Waals surface area contributed by atoms with Gasteiger partial charge >= 0.3 is 0 Å². The molecule has 1 aromatic heterocycles. The number of hydrogen-bond acceptors (Lipinski definition) is 4. The molecule has 0 aliphatic heterocycles. The normalized spacial score (nSPS) is 12.4. The van der Waals surface area contributed by atoms with Gasteiger partial charge in [-0.05, 0) is 66.6 Å². The van der Waals surface area contributed by atoms with Crippen molar-refractivity contribution in [2.45, 2.75) is 17.9 Å². The largest absolute Gasteiger partial charge is 0.335 e. The van der Waals surface area contributed by atoms with Gasteiger partial charge in [-0.2, -0.15) is 5.10 Å². The van der Waals surface area contributed by atoms with Crippen LogP contribution in [0.15, 0.2) is 90.1 Å². The van der Waals surface area contributed by atoms with Gasteiger partial charge in [-0.3, -0.25) is 4.79 Å². The molecule has 2 N–H and O–H groups in total. The average Bonchev–Trinajstić information content (AvgIpc) is 3.33. The molecule has 0 aliphatic rings. The van der Waals surface area contributed by atoms with Gasteiger partial charge in [0.2, 0.25) is 10.0 Å². The molecular formula is C25H23ClN4O3S. The summed E-state index contributed by atoms with van der Waals surface area (Å²) in [4.78, 5) is 14.7. The van der Waals surface area contributed by atoms with Gasteiger partial charge < -0.3 is 4.90 Å². The summed E-state index contributed by atoms with van der Waals surface area (Å²) < 4.78 is 24.7. The molecule has 4 rings (SSSR count). The average molecular weight is 495 g/mol. The monoisotopic (exact) mass is 494 g/mol. The van der Waals surface area contributed by atoms with Gasteiger partial charge in [0, 0.05) is 29.4 Å². The third-order valence-electron chi connectivity index (χ3n) is 5.73. The molecular weight excluding hydrogens is 472 g/mol. The third kappa shape index (κ3) is 5.04. The van der Waals surface area contributed by atoms with Crippen molar-refractivity contribution < 1.29 is 13.2 Å². The van der Waals surface area contributed by atoms with Crippen LogP contribution in [0, 0.1) is 0 Å². The molecule has 1 heterocycles. The summed E-state index contributed by atoms with van der Waals surface area (Å²) in [5.41, 5.74) is 4.12. The van der Waals surface area contributed by atoms with Crippen LogP contribution in [0.5, 0.6) is 0 Å². The van der Waals surface area contributed by atoms with Crippen molar-refractivity contribution in [3.63, 3.8) is 0 Å². The molecule has 0 spiro atoms. The Hall–Kier alpha value is -3.46. The minimum atomic E-state index is -3.76. The lowest BCUT2D eigenvalue weighted by Crippen LogP contribution is -2.29. The predicted octanol–water partition coefficient (Wildman–Crippen LogP) is 4.67. The zero-order chi connectivity index (χ0) is 24.5. The second-order valence-electron chi connectivity index (χ2n) is 7.93. The molecule has 0 saturated heterocycles. The van der Waals surface area contributed by atoms with Gasteiger partial charge in [-0.1, -0.05) is 35.9 Å². The minimum Gasteiger partial charge on any atom is -0.335 e. The minimum absolute atomic E-state index is 0.0332. The number of hydrogen-bond donors (Lipinski definition) is 1. The van der Waals surface area contributed by atoms with Crippen molar-refractivity contribution in [3.8, 4) is 16.8 Å². The van der Waals surface area contributed by atoms with E-state index in [0.29, 0.717) is 10.6 Å². The first kappa shape index (κ1) is 23.7. The maximum absolute atomic E-state index is 13.0. The highest BCUT2D eigenvalue weighted by atomic mass is 35.5. The number of amides is 1. The number of benzene rings is 3. The second-order valence-corrected chi connectivity index (χ2v) is 9.93. The first-order valence-corrected chi connectivity index (χ1v) is 12.4. The molecule has 7 nitrogen and oxygen atoms in total. The van der Waals surface area contributed by atoms with Crippen molar-refractivity contribution in [2.75, 3.05) is 7.05 Å². The second kappa shape index (κ2) is 9.42. The molecule has 1 atom stereocenters. The Morgan fingerprint density at radius 1 is 0.971 bits per heavy atom. The molecule has 0 saturated carbocycles. The molecule has 0 fully saturated rings. The van der Waals surface area contributed by atoms with Crippen LogP contribution in [0.25, 0.3) is 16.8 Å². The van der Waals surface area contributed by atoms with E-state index < -0.39 is 10.0 Å². The van der Waals surface area contributed by atoms with Gasteiger partial charge in [0.15, 0.2) is 0 Å². The van der Waals surface area contributed by atoms with Gasteiger partial charge in [0.1, 0.15) is 0 Å². The van der Waals surface area contributed by atoms with Crippen LogP contribution >= 0.6 is 11.6 Å². The van der Waals surface area contributed by atoms with Crippen LogP contribution in [-0.2, 0) is 10.0 Å². The first-order chi connectivity index (χ1) is 16.1. The fraction of sp³-hybridized carbons (Fsp3) is 0.120. The Bertz CT molecular complexity index is 1410. The first-order valence-electron chi connectivity index (χ1n) is 10.4. The topological polar surface area (TPSA) is 98.3 Å². The molecule has 0 aliphatic carbocycles. The van der Waals surface area contributed by atoms with Gasteiger partial charge in [-0.15, -0.1) is 0 Å². The summed E-state index contributed by atoms with van der Waals surface area (Å²) in [6.45, 7) is 1.88. The van der Waals surface area contributed by atoms with Gasteiger partial charge in [0.05, 0.1) is 22.8 Å². The highest BCUT2D eigenvalue weighted by Crippen LogP contribution is 2.24. The fourth-order valence-corrected chi connectivity index (χ4v) is 4.19. The third-order valence-corrected chi connectivity index (χ3v) is 6.91.